The van der Waals surface area contributed by atoms with Crippen LogP contribution in [0.1, 0.15) is 226 Å². The summed E-state index contributed by atoms with van der Waals surface area (Å²) in [5.74, 6) is -0.306. The van der Waals surface area contributed by atoms with Crippen LogP contribution >= 0.6 is 0 Å². The molecule has 5 heteroatoms. The molecule has 0 aromatic heterocycles. The number of unbranched alkanes of at least 4 members (excludes halogenated alkanes) is 28. The second-order valence-corrected chi connectivity index (χ2v) is 15.6. The highest BCUT2D eigenvalue weighted by Gasteiger charge is 2.25. The minimum Gasteiger partial charge on any atom is -0.461 e. The van der Waals surface area contributed by atoms with Crippen LogP contribution in [0.4, 0.5) is 0 Å². The second-order valence-electron chi connectivity index (χ2n) is 15.6. The van der Waals surface area contributed by atoms with E-state index >= 15 is 0 Å². The number of hydrogen-bond acceptors (Lipinski definition) is 4. The molecule has 0 N–H and O–H groups in total. The first-order valence-electron chi connectivity index (χ1n) is 21.5. The van der Waals surface area contributed by atoms with Crippen LogP contribution in [-0.2, 0) is 19.1 Å². The zero-order chi connectivity index (χ0) is 35.4. The van der Waals surface area contributed by atoms with Crippen LogP contribution in [0, 0.1) is 0 Å². The van der Waals surface area contributed by atoms with E-state index in [9.17, 15) is 9.59 Å². The van der Waals surface area contributed by atoms with Gasteiger partial charge in [-0.3, -0.25) is 9.59 Å². The van der Waals surface area contributed by atoms with Gasteiger partial charge in [0.25, 0.3) is 0 Å². The van der Waals surface area contributed by atoms with E-state index < -0.39 is 0 Å². The summed E-state index contributed by atoms with van der Waals surface area (Å²) in [5.41, 5.74) is 0. The number of esters is 2. The Balaban J connectivity index is 3.90. The molecule has 5 nitrogen and oxygen atoms in total. The number of carbonyl (C=O) groups is 2. The third kappa shape index (κ3) is 34.8. The molecule has 0 aliphatic carbocycles. The van der Waals surface area contributed by atoms with Crippen molar-refractivity contribution in [1.82, 2.24) is 0 Å². The third-order valence-corrected chi connectivity index (χ3v) is 10.3. The molecule has 48 heavy (non-hydrogen) atoms. The first kappa shape index (κ1) is 46.9. The van der Waals surface area contributed by atoms with Gasteiger partial charge in [0.2, 0.25) is 0 Å². The van der Waals surface area contributed by atoms with E-state index in [-0.39, 0.29) is 24.6 Å². The van der Waals surface area contributed by atoms with Crippen LogP contribution in [0.25, 0.3) is 0 Å². The number of rotatable bonds is 38. The lowest BCUT2D eigenvalue weighted by molar-refractivity contribution is -0.891. The van der Waals surface area contributed by atoms with Gasteiger partial charge in [-0.2, -0.15) is 0 Å². The Morgan fingerprint density at radius 3 is 1.04 bits per heavy atom. The van der Waals surface area contributed by atoms with Crippen molar-refractivity contribution in [2.75, 3.05) is 33.8 Å². The Morgan fingerprint density at radius 1 is 0.438 bits per heavy atom. The predicted molar refractivity (Wildman–Crippen MR) is 207 cm³/mol. The van der Waals surface area contributed by atoms with Crippen molar-refractivity contribution in [3.8, 4) is 0 Å². The highest BCUT2D eigenvalue weighted by atomic mass is 16.6. The van der Waals surface area contributed by atoms with Crippen LogP contribution in [-0.4, -0.2) is 56.3 Å². The number of quaternary nitrogens is 1. The molecule has 1 unspecified atom stereocenters. The van der Waals surface area contributed by atoms with E-state index in [0.717, 1.165) is 36.7 Å². The van der Waals surface area contributed by atoms with E-state index in [2.05, 4.69) is 34.9 Å². The maximum atomic E-state index is 12.7. The summed E-state index contributed by atoms with van der Waals surface area (Å²) < 4.78 is 12.2. The zero-order valence-corrected chi connectivity index (χ0v) is 33.4. The summed E-state index contributed by atoms with van der Waals surface area (Å²) >= 11 is 0. The molecule has 0 amide bonds. The van der Waals surface area contributed by atoms with Crippen LogP contribution < -0.4 is 0 Å². The molecule has 0 heterocycles. The fourth-order valence-corrected chi connectivity index (χ4v) is 6.59. The molecule has 0 radical (unpaired) electrons. The molecule has 0 aromatic carbocycles. The van der Waals surface area contributed by atoms with Gasteiger partial charge in [-0.1, -0.05) is 194 Å². The Bertz CT molecular complexity index is 694. The number of ether oxygens (including phenoxy) is 2. The van der Waals surface area contributed by atoms with Gasteiger partial charge in [0, 0.05) is 12.8 Å². The van der Waals surface area contributed by atoms with Crippen LogP contribution in [0.15, 0.2) is 0 Å². The maximum absolute atomic E-state index is 12.7. The largest absolute Gasteiger partial charge is 0.461 e. The number of likely N-dealkylation sites (N-methyl/N-ethyl adjacent to an activating group) is 1. The average Bonchev–Trinajstić information content (AvgIpc) is 3.07. The van der Waals surface area contributed by atoms with Gasteiger partial charge in [0.15, 0.2) is 6.10 Å². The lowest BCUT2D eigenvalue weighted by atomic mass is 10.0. The summed E-state index contributed by atoms with van der Waals surface area (Å²) in [6, 6.07) is 0. The Labute approximate surface area is 301 Å². The molecule has 0 spiro atoms. The topological polar surface area (TPSA) is 52.6 Å². The van der Waals surface area contributed by atoms with Gasteiger partial charge in [0.1, 0.15) is 13.2 Å². The molecule has 0 aliphatic rings. The Kier molecular flexibility index (Phi) is 34.9. The molecule has 0 saturated heterocycles. The van der Waals surface area contributed by atoms with Gasteiger partial charge in [-0.15, -0.1) is 0 Å². The summed E-state index contributed by atoms with van der Waals surface area (Å²) in [4.78, 5) is 25.1. The van der Waals surface area contributed by atoms with Crippen molar-refractivity contribution in [1.29, 1.82) is 0 Å². The van der Waals surface area contributed by atoms with Crippen molar-refractivity contribution < 1.29 is 23.5 Å². The summed E-state index contributed by atoms with van der Waals surface area (Å²) in [6.45, 7) is 8.46. The number of hydrogen-bond donors (Lipinski definition) is 0. The highest BCUT2D eigenvalue weighted by molar-refractivity contribution is 5.70. The molecule has 0 bridgehead atoms. The van der Waals surface area contributed by atoms with E-state index in [4.69, 9.17) is 9.47 Å². The molecule has 0 aliphatic heterocycles. The lowest BCUT2D eigenvalue weighted by Crippen LogP contribution is -2.47. The van der Waals surface area contributed by atoms with Crippen molar-refractivity contribution in [3.05, 3.63) is 0 Å². The number of carbonyl (C=O) groups excluding carboxylic acids is 2. The standard InChI is InChI=1S/C43H86NO4/c1-6-9-11-13-15-17-19-21-23-25-27-29-31-33-35-37-42(45)47-40-41(39-44(4,5)8-3)48-43(46)38-36-34-32-30-28-26-24-22-20-18-16-14-12-10-7-2/h41H,6-40H2,1-5H3/q+1. The molecule has 0 saturated carbocycles. The smallest absolute Gasteiger partial charge is 0.306 e. The monoisotopic (exact) mass is 681 g/mol. The van der Waals surface area contributed by atoms with Crippen molar-refractivity contribution in [2.24, 2.45) is 0 Å². The van der Waals surface area contributed by atoms with Gasteiger partial charge >= 0.3 is 11.9 Å². The van der Waals surface area contributed by atoms with E-state index in [1.165, 1.54) is 167 Å². The Morgan fingerprint density at radius 2 is 0.729 bits per heavy atom. The molecule has 0 rings (SSSR count). The quantitative estimate of drug-likeness (QED) is 0.0370. The fourth-order valence-electron chi connectivity index (χ4n) is 6.59. The van der Waals surface area contributed by atoms with Crippen LogP contribution in [0.2, 0.25) is 0 Å². The SMILES string of the molecule is CCCCCCCCCCCCCCCCCC(=O)OCC(C[N+](C)(C)CC)OC(=O)CCCCCCCCCCCCCCCCC. The van der Waals surface area contributed by atoms with Gasteiger partial charge in [0.05, 0.1) is 20.6 Å². The summed E-state index contributed by atoms with van der Waals surface area (Å²) in [6.07, 6.45) is 39.9. The fraction of sp³-hybridized carbons (Fsp3) is 0.953. The number of nitrogens with zero attached hydrogens (tertiary/aromatic N) is 1. The molecule has 1 atom stereocenters. The third-order valence-electron chi connectivity index (χ3n) is 10.3. The van der Waals surface area contributed by atoms with Crippen molar-refractivity contribution in [3.63, 3.8) is 0 Å². The van der Waals surface area contributed by atoms with Gasteiger partial charge < -0.3 is 14.0 Å². The lowest BCUT2D eigenvalue weighted by Gasteiger charge is -2.31. The average molecular weight is 681 g/mol. The summed E-state index contributed by atoms with van der Waals surface area (Å²) in [7, 11) is 4.26. The van der Waals surface area contributed by atoms with E-state index in [1.54, 1.807) is 0 Å². The van der Waals surface area contributed by atoms with Crippen LogP contribution in [0.3, 0.4) is 0 Å². The second kappa shape index (κ2) is 35.7. The molecule has 286 valence electrons. The van der Waals surface area contributed by atoms with Gasteiger partial charge in [-0.25, -0.2) is 0 Å². The maximum Gasteiger partial charge on any atom is 0.306 e. The van der Waals surface area contributed by atoms with Crippen molar-refractivity contribution in [2.45, 2.75) is 232 Å². The van der Waals surface area contributed by atoms with Gasteiger partial charge in [-0.05, 0) is 19.8 Å². The first-order chi connectivity index (χ1) is 23.3. The molecular formula is C43H86NO4+. The van der Waals surface area contributed by atoms with E-state index in [0.29, 0.717) is 19.4 Å². The zero-order valence-electron chi connectivity index (χ0n) is 33.4. The van der Waals surface area contributed by atoms with Crippen molar-refractivity contribution >= 4 is 11.9 Å². The predicted octanol–water partition coefficient (Wildman–Crippen LogP) is 13.1. The molecular weight excluding hydrogens is 594 g/mol. The van der Waals surface area contributed by atoms with E-state index in [1.807, 2.05) is 0 Å². The highest BCUT2D eigenvalue weighted by Crippen LogP contribution is 2.16. The summed E-state index contributed by atoms with van der Waals surface area (Å²) in [5, 5.41) is 0. The minimum absolute atomic E-state index is 0.149. The normalized spacial score (nSPS) is 12.4. The minimum atomic E-state index is -0.381. The first-order valence-corrected chi connectivity index (χ1v) is 21.5. The molecule has 0 aromatic rings. The molecule has 0 fully saturated rings. The Hall–Kier alpha value is -1.10. The van der Waals surface area contributed by atoms with Crippen LogP contribution in [0.5, 0.6) is 0 Å².